The van der Waals surface area contributed by atoms with Crippen molar-refractivity contribution in [1.29, 1.82) is 0 Å². The van der Waals surface area contributed by atoms with Gasteiger partial charge in [0, 0.05) is 58.6 Å². The fourth-order valence-electron chi connectivity index (χ4n) is 3.22. The minimum Gasteiger partial charge on any atom is -0.357 e. The molecule has 1 aromatic carbocycles. The van der Waals surface area contributed by atoms with E-state index in [0.717, 1.165) is 51.1 Å². The highest BCUT2D eigenvalue weighted by atomic mass is 127. The topological polar surface area (TPSA) is 65.8 Å². The number of halogens is 1. The van der Waals surface area contributed by atoms with E-state index in [2.05, 4.69) is 38.8 Å². The monoisotopic (exact) mass is 496 g/mol. The molecule has 152 valence electrons. The van der Waals surface area contributed by atoms with Crippen molar-refractivity contribution in [2.45, 2.75) is 26.9 Å². The molecule has 1 amide bonds. The van der Waals surface area contributed by atoms with Crippen molar-refractivity contribution >= 4 is 35.8 Å². The summed E-state index contributed by atoms with van der Waals surface area (Å²) >= 11 is 0. The number of piperazine rings is 1. The lowest BCUT2D eigenvalue weighted by Gasteiger charge is -2.36. The van der Waals surface area contributed by atoms with Crippen LogP contribution < -0.4 is 5.32 Å². The Labute approximate surface area is 183 Å². The molecule has 1 aliphatic rings. The van der Waals surface area contributed by atoms with Gasteiger partial charge in [-0.3, -0.25) is 4.79 Å². The summed E-state index contributed by atoms with van der Waals surface area (Å²) in [6.07, 6.45) is 3.82. The number of nitrogens with zero attached hydrogens (tertiary/aromatic N) is 5. The third-order valence-corrected chi connectivity index (χ3v) is 4.73. The van der Waals surface area contributed by atoms with Crippen molar-refractivity contribution in [1.82, 2.24) is 24.7 Å². The summed E-state index contributed by atoms with van der Waals surface area (Å²) in [6, 6.07) is 10.4. The minimum atomic E-state index is 0. The fraction of sp³-hybridized carbons (Fsp3) is 0.450. The Morgan fingerprint density at radius 1 is 1.14 bits per heavy atom. The van der Waals surface area contributed by atoms with E-state index in [-0.39, 0.29) is 29.9 Å². The van der Waals surface area contributed by atoms with Gasteiger partial charge in [0.05, 0.1) is 0 Å². The Kier molecular flexibility index (Phi) is 8.75. The van der Waals surface area contributed by atoms with Crippen LogP contribution in [0.25, 0.3) is 0 Å². The fourth-order valence-corrected chi connectivity index (χ4v) is 3.22. The van der Waals surface area contributed by atoms with Crippen LogP contribution in [-0.4, -0.2) is 63.9 Å². The lowest BCUT2D eigenvalue weighted by molar-refractivity contribution is -0.130. The molecule has 0 bridgehead atoms. The molecule has 0 spiro atoms. The molecule has 1 fully saturated rings. The molecule has 1 saturated heterocycles. The minimum absolute atomic E-state index is 0. The van der Waals surface area contributed by atoms with Crippen molar-refractivity contribution in [3.8, 4) is 0 Å². The van der Waals surface area contributed by atoms with Crippen molar-refractivity contribution in [2.75, 3.05) is 32.7 Å². The highest BCUT2D eigenvalue weighted by Gasteiger charge is 2.21. The van der Waals surface area contributed by atoms with Gasteiger partial charge in [-0.15, -0.1) is 24.0 Å². The van der Waals surface area contributed by atoms with Crippen molar-refractivity contribution < 1.29 is 4.79 Å². The molecular formula is C20H29IN6O. The number of rotatable bonds is 5. The first kappa shape index (κ1) is 22.2. The first-order valence-corrected chi connectivity index (χ1v) is 9.50. The van der Waals surface area contributed by atoms with E-state index in [9.17, 15) is 4.79 Å². The molecule has 2 heterocycles. The van der Waals surface area contributed by atoms with Crippen LogP contribution in [0.5, 0.6) is 0 Å². The molecule has 1 N–H and O–H groups in total. The molecule has 0 saturated carbocycles. The number of carbonyl (C=O) groups is 1. The molecule has 7 nitrogen and oxygen atoms in total. The second kappa shape index (κ2) is 11.0. The number of aliphatic imine (C=N–C) groups is 1. The summed E-state index contributed by atoms with van der Waals surface area (Å²) in [6.45, 7) is 8.89. The number of carbonyl (C=O) groups excluding carboxylic acids is 1. The van der Waals surface area contributed by atoms with Gasteiger partial charge in [-0.25, -0.2) is 9.98 Å². The molecule has 0 unspecified atom stereocenters. The smallest absolute Gasteiger partial charge is 0.219 e. The van der Waals surface area contributed by atoms with Crippen LogP contribution in [0.2, 0.25) is 0 Å². The van der Waals surface area contributed by atoms with Crippen LogP contribution in [0.4, 0.5) is 0 Å². The number of guanidine groups is 1. The lowest BCUT2D eigenvalue weighted by atomic mass is 10.2. The Morgan fingerprint density at radius 3 is 2.46 bits per heavy atom. The molecule has 0 atom stereocenters. The summed E-state index contributed by atoms with van der Waals surface area (Å²) in [4.78, 5) is 24.9. The predicted octanol–water partition coefficient (Wildman–Crippen LogP) is 2.18. The van der Waals surface area contributed by atoms with Gasteiger partial charge in [0.15, 0.2) is 5.96 Å². The zero-order valence-electron chi connectivity index (χ0n) is 16.5. The number of hydrogen-bond donors (Lipinski definition) is 1. The average molecular weight is 496 g/mol. The van der Waals surface area contributed by atoms with Gasteiger partial charge in [-0.1, -0.05) is 30.3 Å². The number of amides is 1. The molecule has 0 aliphatic carbocycles. The van der Waals surface area contributed by atoms with Gasteiger partial charge >= 0.3 is 0 Å². The standard InChI is InChI=1S/C20H28N6O.HI/c1-3-21-20(25-13-11-24(12-14-25)17(2)27)23-15-19-22-9-10-26(19)16-18-7-5-4-6-8-18;/h4-10H,3,11-16H2,1-2H3,(H,21,23);1H. The van der Waals surface area contributed by atoms with Crippen molar-refractivity contribution in [3.05, 3.63) is 54.1 Å². The second-order valence-corrected chi connectivity index (χ2v) is 6.62. The number of imidazole rings is 1. The number of hydrogen-bond acceptors (Lipinski definition) is 3. The zero-order chi connectivity index (χ0) is 19.1. The van der Waals surface area contributed by atoms with Crippen molar-refractivity contribution in [3.63, 3.8) is 0 Å². The summed E-state index contributed by atoms with van der Waals surface area (Å²) in [7, 11) is 0. The van der Waals surface area contributed by atoms with Gasteiger partial charge in [0.25, 0.3) is 0 Å². The molecule has 1 aliphatic heterocycles. The van der Waals surface area contributed by atoms with Gasteiger partial charge < -0.3 is 19.7 Å². The SMILES string of the molecule is CCNC(=NCc1nccn1Cc1ccccc1)N1CCN(C(C)=O)CC1.I. The summed E-state index contributed by atoms with van der Waals surface area (Å²) < 4.78 is 2.14. The Bertz CT molecular complexity index is 768. The van der Waals surface area contributed by atoms with E-state index in [1.54, 1.807) is 6.92 Å². The molecule has 1 aromatic heterocycles. The highest BCUT2D eigenvalue weighted by Crippen LogP contribution is 2.08. The molecule has 8 heteroatoms. The van der Waals surface area contributed by atoms with E-state index in [1.807, 2.05) is 35.5 Å². The van der Waals surface area contributed by atoms with Gasteiger partial charge in [0.1, 0.15) is 12.4 Å². The highest BCUT2D eigenvalue weighted by molar-refractivity contribution is 14.0. The van der Waals surface area contributed by atoms with E-state index >= 15 is 0 Å². The van der Waals surface area contributed by atoms with Crippen LogP contribution in [0.15, 0.2) is 47.7 Å². The maximum atomic E-state index is 11.5. The van der Waals surface area contributed by atoms with Gasteiger partial charge in [-0.05, 0) is 12.5 Å². The molecular weight excluding hydrogens is 467 g/mol. The molecule has 0 radical (unpaired) electrons. The van der Waals surface area contributed by atoms with Gasteiger partial charge in [0.2, 0.25) is 5.91 Å². The van der Waals surface area contributed by atoms with Crippen LogP contribution in [0.1, 0.15) is 25.2 Å². The second-order valence-electron chi connectivity index (χ2n) is 6.62. The number of nitrogens with one attached hydrogen (secondary N) is 1. The van der Waals surface area contributed by atoms with E-state index in [4.69, 9.17) is 4.99 Å². The maximum absolute atomic E-state index is 11.5. The predicted molar refractivity (Wildman–Crippen MR) is 122 cm³/mol. The summed E-state index contributed by atoms with van der Waals surface area (Å²) in [5.74, 6) is 1.96. The average Bonchev–Trinajstić information content (AvgIpc) is 3.13. The van der Waals surface area contributed by atoms with Crippen LogP contribution in [0.3, 0.4) is 0 Å². The van der Waals surface area contributed by atoms with E-state index < -0.39 is 0 Å². The van der Waals surface area contributed by atoms with Crippen LogP contribution in [0, 0.1) is 0 Å². The quantitative estimate of drug-likeness (QED) is 0.392. The van der Waals surface area contributed by atoms with E-state index in [0.29, 0.717) is 6.54 Å². The van der Waals surface area contributed by atoms with Crippen LogP contribution >= 0.6 is 24.0 Å². The Morgan fingerprint density at radius 2 is 1.82 bits per heavy atom. The number of aromatic nitrogens is 2. The Hall–Kier alpha value is -2.10. The lowest BCUT2D eigenvalue weighted by Crippen LogP contribution is -2.53. The summed E-state index contributed by atoms with van der Waals surface area (Å²) in [5, 5.41) is 3.36. The maximum Gasteiger partial charge on any atom is 0.219 e. The zero-order valence-corrected chi connectivity index (χ0v) is 18.9. The normalized spacial score (nSPS) is 14.6. The first-order valence-electron chi connectivity index (χ1n) is 9.50. The Balaban J connectivity index is 0.00000280. The molecule has 3 rings (SSSR count). The van der Waals surface area contributed by atoms with Crippen molar-refractivity contribution in [2.24, 2.45) is 4.99 Å². The molecule has 2 aromatic rings. The number of benzene rings is 1. The van der Waals surface area contributed by atoms with E-state index in [1.165, 1.54) is 5.56 Å². The largest absolute Gasteiger partial charge is 0.357 e. The molecule has 28 heavy (non-hydrogen) atoms. The van der Waals surface area contributed by atoms with Gasteiger partial charge in [-0.2, -0.15) is 0 Å². The third kappa shape index (κ3) is 5.95. The first-order chi connectivity index (χ1) is 13.2. The van der Waals surface area contributed by atoms with Crippen LogP contribution in [-0.2, 0) is 17.9 Å². The summed E-state index contributed by atoms with van der Waals surface area (Å²) in [5.41, 5.74) is 1.24. The third-order valence-electron chi connectivity index (χ3n) is 4.73.